The van der Waals surface area contributed by atoms with Gasteiger partial charge in [-0.15, -0.1) is 11.3 Å². The Labute approximate surface area is 176 Å². The van der Waals surface area contributed by atoms with Crippen molar-refractivity contribution in [1.82, 2.24) is 9.80 Å². The Bertz CT molecular complexity index is 904. The summed E-state index contributed by atoms with van der Waals surface area (Å²) in [6, 6.07) is 22.2. The van der Waals surface area contributed by atoms with Crippen molar-refractivity contribution in [1.29, 1.82) is 0 Å². The van der Waals surface area contributed by atoms with Crippen molar-refractivity contribution >= 4 is 17.2 Å². The fourth-order valence-corrected chi connectivity index (χ4v) is 4.17. The van der Waals surface area contributed by atoms with Gasteiger partial charge in [0.2, 0.25) is 0 Å². The van der Waals surface area contributed by atoms with Crippen molar-refractivity contribution in [2.75, 3.05) is 32.7 Å². The predicted molar refractivity (Wildman–Crippen MR) is 118 cm³/mol. The van der Waals surface area contributed by atoms with Gasteiger partial charge in [0.05, 0.1) is 0 Å². The zero-order chi connectivity index (χ0) is 19.9. The number of hydrogen-bond donors (Lipinski definition) is 0. The molecule has 1 fully saturated rings. The lowest BCUT2D eigenvalue weighted by Crippen LogP contribution is -2.49. The summed E-state index contributed by atoms with van der Waals surface area (Å²) in [5, 5.41) is 2.04. The normalized spacial score (nSPS) is 14.7. The summed E-state index contributed by atoms with van der Waals surface area (Å²) in [4.78, 5) is 18.5. The molecule has 4 rings (SSSR count). The molecule has 0 atom stereocenters. The van der Waals surface area contributed by atoms with Crippen LogP contribution in [0.2, 0.25) is 0 Å². The van der Waals surface area contributed by atoms with E-state index in [0.29, 0.717) is 12.2 Å². The Morgan fingerprint density at radius 3 is 2.52 bits per heavy atom. The van der Waals surface area contributed by atoms with E-state index in [1.54, 1.807) is 11.3 Å². The van der Waals surface area contributed by atoms with E-state index in [2.05, 4.69) is 41.3 Å². The summed E-state index contributed by atoms with van der Waals surface area (Å²) < 4.78 is 5.85. The van der Waals surface area contributed by atoms with Crippen LogP contribution in [0, 0.1) is 0 Å². The average Bonchev–Trinajstić information content (AvgIpc) is 3.31. The van der Waals surface area contributed by atoms with Crippen LogP contribution in [0.5, 0.6) is 5.75 Å². The number of benzene rings is 2. The molecule has 150 valence electrons. The molecule has 0 N–H and O–H groups in total. The van der Waals surface area contributed by atoms with Gasteiger partial charge in [-0.1, -0.05) is 42.5 Å². The van der Waals surface area contributed by atoms with E-state index in [1.165, 1.54) is 10.4 Å². The van der Waals surface area contributed by atoms with Crippen molar-refractivity contribution in [3.8, 4) is 5.75 Å². The van der Waals surface area contributed by atoms with Gasteiger partial charge in [-0.3, -0.25) is 9.69 Å². The highest BCUT2D eigenvalue weighted by atomic mass is 32.1. The minimum absolute atomic E-state index is 0.0919. The molecule has 0 bridgehead atoms. The smallest absolute Gasteiger partial charge is 0.254 e. The number of rotatable bonds is 7. The zero-order valence-electron chi connectivity index (χ0n) is 16.5. The quantitative estimate of drug-likeness (QED) is 0.586. The van der Waals surface area contributed by atoms with Crippen LogP contribution in [-0.4, -0.2) is 48.4 Å². The highest BCUT2D eigenvalue weighted by Gasteiger charge is 2.22. The first-order valence-corrected chi connectivity index (χ1v) is 11.0. The fourth-order valence-electron chi connectivity index (χ4n) is 3.56. The monoisotopic (exact) mass is 406 g/mol. The molecule has 0 radical (unpaired) electrons. The van der Waals surface area contributed by atoms with Crippen LogP contribution in [0.1, 0.15) is 20.8 Å². The third-order valence-electron chi connectivity index (χ3n) is 5.26. The molecule has 1 aromatic heterocycles. The van der Waals surface area contributed by atoms with E-state index < -0.39 is 0 Å². The molecule has 0 unspecified atom stereocenters. The van der Waals surface area contributed by atoms with E-state index >= 15 is 0 Å². The summed E-state index contributed by atoms with van der Waals surface area (Å²) in [5.41, 5.74) is 2.07. The maximum Gasteiger partial charge on any atom is 0.254 e. The lowest BCUT2D eigenvalue weighted by atomic mass is 10.1. The van der Waals surface area contributed by atoms with Crippen LogP contribution in [0.4, 0.5) is 0 Å². The molecule has 1 aliphatic heterocycles. The number of thiophene rings is 1. The highest BCUT2D eigenvalue weighted by molar-refractivity contribution is 7.09. The van der Waals surface area contributed by atoms with Gasteiger partial charge in [0.15, 0.2) is 0 Å². The molecule has 0 saturated carbocycles. The molecule has 1 amide bonds. The van der Waals surface area contributed by atoms with Gasteiger partial charge in [-0.05, 0) is 41.6 Å². The molecule has 1 saturated heterocycles. The summed E-state index contributed by atoms with van der Waals surface area (Å²) >= 11 is 1.67. The second kappa shape index (κ2) is 9.72. The second-order valence-electron chi connectivity index (χ2n) is 7.27. The average molecular weight is 407 g/mol. The summed E-state index contributed by atoms with van der Waals surface area (Å²) in [6.45, 7) is 4.97. The van der Waals surface area contributed by atoms with Crippen molar-refractivity contribution in [2.24, 2.45) is 0 Å². The Hall–Kier alpha value is -2.63. The fraction of sp³-hybridized carbons (Fsp3) is 0.292. The van der Waals surface area contributed by atoms with Crippen LogP contribution in [0.3, 0.4) is 0 Å². The molecule has 3 aromatic rings. The molecule has 0 spiro atoms. The minimum Gasteiger partial charge on any atom is -0.488 e. The van der Waals surface area contributed by atoms with Crippen LogP contribution in [-0.2, 0) is 13.0 Å². The Kier molecular flexibility index (Phi) is 6.60. The largest absolute Gasteiger partial charge is 0.488 e. The molecule has 2 heterocycles. The van der Waals surface area contributed by atoms with E-state index in [9.17, 15) is 4.79 Å². The molecular weight excluding hydrogens is 380 g/mol. The molecule has 5 heteroatoms. The van der Waals surface area contributed by atoms with Crippen molar-refractivity contribution in [3.05, 3.63) is 88.1 Å². The molecule has 2 aromatic carbocycles. The number of carbonyl (C=O) groups is 1. The van der Waals surface area contributed by atoms with E-state index in [0.717, 1.165) is 44.9 Å². The molecule has 29 heavy (non-hydrogen) atoms. The third-order valence-corrected chi connectivity index (χ3v) is 6.11. The maximum absolute atomic E-state index is 12.9. The Balaban J connectivity index is 1.27. The number of carbonyl (C=O) groups excluding carboxylic acids is 1. The van der Waals surface area contributed by atoms with Crippen LogP contribution < -0.4 is 4.74 Å². The summed E-state index contributed by atoms with van der Waals surface area (Å²) in [7, 11) is 0. The molecular formula is C24H26N2O2S. The van der Waals surface area contributed by atoms with Gasteiger partial charge in [0.1, 0.15) is 12.4 Å². The van der Waals surface area contributed by atoms with Gasteiger partial charge in [0, 0.05) is 43.2 Å². The number of nitrogens with zero attached hydrogens (tertiary/aromatic N) is 2. The standard InChI is InChI=1S/C24H26N2O2S/c27-24(21-8-4-9-22(18-21)28-19-23-10-5-17-29-23)26-15-13-25(14-16-26)12-11-20-6-2-1-3-7-20/h1-10,17-18H,11-16,19H2. The highest BCUT2D eigenvalue weighted by Crippen LogP contribution is 2.19. The van der Waals surface area contributed by atoms with Gasteiger partial charge < -0.3 is 9.64 Å². The van der Waals surface area contributed by atoms with Gasteiger partial charge in [0.25, 0.3) is 5.91 Å². The number of ether oxygens (including phenoxy) is 1. The number of amides is 1. The SMILES string of the molecule is O=C(c1cccc(OCc2cccs2)c1)N1CCN(CCc2ccccc2)CC1. The third kappa shape index (κ3) is 5.46. The first kappa shape index (κ1) is 19.7. The van der Waals surface area contributed by atoms with Crippen molar-refractivity contribution in [3.63, 3.8) is 0 Å². The van der Waals surface area contributed by atoms with Crippen molar-refractivity contribution < 1.29 is 9.53 Å². The molecule has 0 aliphatic carbocycles. The van der Waals surface area contributed by atoms with Crippen LogP contribution in [0.15, 0.2) is 72.1 Å². The zero-order valence-corrected chi connectivity index (χ0v) is 17.3. The van der Waals surface area contributed by atoms with Gasteiger partial charge >= 0.3 is 0 Å². The van der Waals surface area contributed by atoms with Crippen LogP contribution >= 0.6 is 11.3 Å². The summed E-state index contributed by atoms with van der Waals surface area (Å²) in [5.74, 6) is 0.833. The Morgan fingerprint density at radius 2 is 1.76 bits per heavy atom. The predicted octanol–water partition coefficient (Wildman–Crippen LogP) is 4.33. The van der Waals surface area contributed by atoms with E-state index in [1.807, 2.05) is 40.6 Å². The first-order valence-electron chi connectivity index (χ1n) is 10.1. The van der Waals surface area contributed by atoms with E-state index in [-0.39, 0.29) is 5.91 Å². The molecule has 4 nitrogen and oxygen atoms in total. The van der Waals surface area contributed by atoms with E-state index in [4.69, 9.17) is 4.74 Å². The van der Waals surface area contributed by atoms with Crippen LogP contribution in [0.25, 0.3) is 0 Å². The maximum atomic E-state index is 12.9. The number of hydrogen-bond acceptors (Lipinski definition) is 4. The minimum atomic E-state index is 0.0919. The van der Waals surface area contributed by atoms with Gasteiger partial charge in [-0.2, -0.15) is 0 Å². The summed E-state index contributed by atoms with van der Waals surface area (Å²) in [6.07, 6.45) is 1.05. The van der Waals surface area contributed by atoms with Crippen molar-refractivity contribution in [2.45, 2.75) is 13.0 Å². The van der Waals surface area contributed by atoms with Gasteiger partial charge in [-0.25, -0.2) is 0 Å². The number of piperazine rings is 1. The molecule has 1 aliphatic rings. The topological polar surface area (TPSA) is 32.8 Å². The first-order chi connectivity index (χ1) is 14.3. The lowest BCUT2D eigenvalue weighted by molar-refractivity contribution is 0.0638. The second-order valence-corrected chi connectivity index (χ2v) is 8.30. The Morgan fingerprint density at radius 1 is 0.931 bits per heavy atom. The lowest BCUT2D eigenvalue weighted by Gasteiger charge is -2.34.